The molecule has 1 aromatic heterocycles. The van der Waals surface area contributed by atoms with E-state index in [1.54, 1.807) is 12.1 Å². The summed E-state index contributed by atoms with van der Waals surface area (Å²) in [5.74, 6) is 1.01. The van der Waals surface area contributed by atoms with Crippen molar-refractivity contribution in [2.24, 2.45) is 0 Å². The van der Waals surface area contributed by atoms with Crippen LogP contribution in [0.3, 0.4) is 0 Å². The molecule has 0 aliphatic carbocycles. The Kier molecular flexibility index (Phi) is 6.53. The predicted molar refractivity (Wildman–Crippen MR) is 59.3 cm³/mol. The summed E-state index contributed by atoms with van der Waals surface area (Å²) in [7, 11) is 0. The number of rotatable bonds is 9. The van der Waals surface area contributed by atoms with Gasteiger partial charge in [-0.1, -0.05) is 12.8 Å². The van der Waals surface area contributed by atoms with E-state index in [-0.39, 0.29) is 6.61 Å². The molecule has 0 fully saturated rings. The fourth-order valence-corrected chi connectivity index (χ4v) is 1.38. The molecule has 0 aliphatic heterocycles. The number of hydrogen-bond acceptors (Lipinski definition) is 4. The molecule has 1 heterocycles. The summed E-state index contributed by atoms with van der Waals surface area (Å²) in [6.45, 7) is 1.36. The molecular formula is C12H18O4. The molecule has 0 unspecified atom stereocenters. The number of aldehydes is 1. The summed E-state index contributed by atoms with van der Waals surface area (Å²) in [6, 6.07) is 3.38. The molecule has 4 nitrogen and oxygen atoms in total. The van der Waals surface area contributed by atoms with Gasteiger partial charge in [0, 0.05) is 13.2 Å². The maximum absolute atomic E-state index is 10.3. The van der Waals surface area contributed by atoms with Gasteiger partial charge < -0.3 is 14.3 Å². The average Bonchev–Trinajstić information content (AvgIpc) is 2.76. The molecule has 16 heavy (non-hydrogen) atoms. The minimum Gasteiger partial charge on any atom is -0.456 e. The zero-order chi connectivity index (χ0) is 11.6. The number of carbonyl (C=O) groups is 1. The third-order valence-corrected chi connectivity index (χ3v) is 2.24. The van der Waals surface area contributed by atoms with E-state index in [0.29, 0.717) is 31.0 Å². The smallest absolute Gasteiger partial charge is 0.185 e. The molecule has 0 saturated heterocycles. The minimum atomic E-state index is 0.266. The van der Waals surface area contributed by atoms with Crippen LogP contribution in [0.15, 0.2) is 16.5 Å². The Morgan fingerprint density at radius 1 is 1.25 bits per heavy atom. The highest BCUT2D eigenvalue weighted by Gasteiger charge is 2.00. The molecule has 0 saturated carbocycles. The highest BCUT2D eigenvalue weighted by atomic mass is 16.5. The fourth-order valence-electron chi connectivity index (χ4n) is 1.38. The number of carbonyl (C=O) groups excluding carboxylic acids is 1. The SMILES string of the molecule is O=Cc1ccc(COCCCCCCO)o1. The Balaban J connectivity index is 2.00. The Morgan fingerprint density at radius 2 is 2.06 bits per heavy atom. The van der Waals surface area contributed by atoms with Gasteiger partial charge in [-0.3, -0.25) is 4.79 Å². The van der Waals surface area contributed by atoms with Gasteiger partial charge in [-0.2, -0.15) is 0 Å². The van der Waals surface area contributed by atoms with E-state index in [4.69, 9.17) is 14.3 Å². The molecule has 0 atom stereocenters. The third kappa shape index (κ3) is 5.09. The molecule has 1 rings (SSSR count). The normalized spacial score (nSPS) is 10.6. The summed E-state index contributed by atoms with van der Waals surface area (Å²) in [4.78, 5) is 10.3. The van der Waals surface area contributed by atoms with Crippen molar-refractivity contribution in [3.63, 3.8) is 0 Å². The summed E-state index contributed by atoms with van der Waals surface area (Å²) < 4.78 is 10.5. The molecule has 1 aromatic rings. The van der Waals surface area contributed by atoms with Crippen LogP contribution in [-0.4, -0.2) is 24.6 Å². The van der Waals surface area contributed by atoms with Gasteiger partial charge in [-0.05, 0) is 25.0 Å². The summed E-state index contributed by atoms with van der Waals surface area (Å²) in [5.41, 5.74) is 0. The second kappa shape index (κ2) is 8.07. The first-order valence-corrected chi connectivity index (χ1v) is 5.59. The quantitative estimate of drug-likeness (QED) is 0.518. The minimum absolute atomic E-state index is 0.266. The average molecular weight is 226 g/mol. The molecule has 0 aromatic carbocycles. The molecule has 90 valence electrons. The monoisotopic (exact) mass is 226 g/mol. The summed E-state index contributed by atoms with van der Waals surface area (Å²) in [5, 5.41) is 8.57. The largest absolute Gasteiger partial charge is 0.456 e. The van der Waals surface area contributed by atoms with Gasteiger partial charge in [0.1, 0.15) is 12.4 Å². The molecule has 0 spiro atoms. The van der Waals surface area contributed by atoms with Gasteiger partial charge in [0.15, 0.2) is 12.0 Å². The van der Waals surface area contributed by atoms with Crippen LogP contribution < -0.4 is 0 Å². The van der Waals surface area contributed by atoms with Crippen molar-refractivity contribution in [3.8, 4) is 0 Å². The Morgan fingerprint density at radius 3 is 2.75 bits per heavy atom. The van der Waals surface area contributed by atoms with E-state index in [2.05, 4.69) is 0 Å². The van der Waals surface area contributed by atoms with Crippen LogP contribution in [0.25, 0.3) is 0 Å². The van der Waals surface area contributed by atoms with Crippen molar-refractivity contribution in [3.05, 3.63) is 23.7 Å². The first-order chi connectivity index (χ1) is 7.86. The van der Waals surface area contributed by atoms with E-state index >= 15 is 0 Å². The van der Waals surface area contributed by atoms with Crippen molar-refractivity contribution in [2.75, 3.05) is 13.2 Å². The Labute approximate surface area is 95.2 Å². The van der Waals surface area contributed by atoms with Crippen LogP contribution in [0.2, 0.25) is 0 Å². The lowest BCUT2D eigenvalue weighted by Gasteiger charge is -2.01. The van der Waals surface area contributed by atoms with Crippen LogP contribution >= 0.6 is 0 Å². The van der Waals surface area contributed by atoms with E-state index < -0.39 is 0 Å². The van der Waals surface area contributed by atoms with Crippen LogP contribution in [0.4, 0.5) is 0 Å². The molecule has 0 radical (unpaired) electrons. The number of furan rings is 1. The third-order valence-electron chi connectivity index (χ3n) is 2.24. The zero-order valence-corrected chi connectivity index (χ0v) is 9.35. The molecule has 4 heteroatoms. The number of ether oxygens (including phenoxy) is 1. The summed E-state index contributed by atoms with van der Waals surface area (Å²) >= 11 is 0. The molecule has 0 amide bonds. The first-order valence-electron chi connectivity index (χ1n) is 5.59. The zero-order valence-electron chi connectivity index (χ0n) is 9.35. The van der Waals surface area contributed by atoms with Crippen molar-refractivity contribution >= 4 is 6.29 Å². The van der Waals surface area contributed by atoms with E-state index in [9.17, 15) is 4.79 Å². The van der Waals surface area contributed by atoms with Crippen LogP contribution in [0, 0.1) is 0 Å². The van der Waals surface area contributed by atoms with Gasteiger partial charge in [-0.25, -0.2) is 0 Å². The molecule has 1 N–H and O–H groups in total. The van der Waals surface area contributed by atoms with E-state index in [0.717, 1.165) is 25.7 Å². The Bertz CT molecular complexity index is 293. The Hall–Kier alpha value is -1.13. The highest BCUT2D eigenvalue weighted by Crippen LogP contribution is 2.07. The number of aliphatic hydroxyl groups is 1. The van der Waals surface area contributed by atoms with Crippen LogP contribution in [0.5, 0.6) is 0 Å². The maximum atomic E-state index is 10.3. The van der Waals surface area contributed by atoms with Gasteiger partial charge in [0.2, 0.25) is 0 Å². The molecular weight excluding hydrogens is 208 g/mol. The topological polar surface area (TPSA) is 59.7 Å². The molecule has 0 aliphatic rings. The van der Waals surface area contributed by atoms with Crippen LogP contribution in [-0.2, 0) is 11.3 Å². The molecule has 0 bridgehead atoms. The number of unbranched alkanes of at least 4 members (excludes halogenated alkanes) is 3. The second-order valence-corrected chi connectivity index (χ2v) is 3.61. The van der Waals surface area contributed by atoms with Gasteiger partial charge in [0.25, 0.3) is 0 Å². The van der Waals surface area contributed by atoms with Gasteiger partial charge in [0.05, 0.1) is 0 Å². The number of hydrogen-bond donors (Lipinski definition) is 1. The lowest BCUT2D eigenvalue weighted by molar-refractivity contribution is 0.0984. The summed E-state index contributed by atoms with van der Waals surface area (Å²) in [6.07, 6.45) is 4.63. The van der Waals surface area contributed by atoms with E-state index in [1.807, 2.05) is 0 Å². The highest BCUT2D eigenvalue weighted by molar-refractivity contribution is 5.70. The number of aliphatic hydroxyl groups excluding tert-OH is 1. The van der Waals surface area contributed by atoms with Crippen molar-refractivity contribution < 1.29 is 19.1 Å². The lowest BCUT2D eigenvalue weighted by atomic mass is 10.2. The van der Waals surface area contributed by atoms with Gasteiger partial charge >= 0.3 is 0 Å². The standard InChI is InChI=1S/C12H18O4/c13-7-3-1-2-4-8-15-10-12-6-5-11(9-14)16-12/h5-6,9,13H,1-4,7-8,10H2. The van der Waals surface area contributed by atoms with Crippen molar-refractivity contribution in [2.45, 2.75) is 32.3 Å². The maximum Gasteiger partial charge on any atom is 0.185 e. The van der Waals surface area contributed by atoms with Crippen molar-refractivity contribution in [1.82, 2.24) is 0 Å². The van der Waals surface area contributed by atoms with E-state index in [1.165, 1.54) is 0 Å². The van der Waals surface area contributed by atoms with Crippen molar-refractivity contribution in [1.29, 1.82) is 0 Å². The first kappa shape index (κ1) is 12.9. The van der Waals surface area contributed by atoms with Crippen LogP contribution in [0.1, 0.15) is 42.0 Å². The lowest BCUT2D eigenvalue weighted by Crippen LogP contribution is -1.95. The predicted octanol–water partition coefficient (Wildman–Crippen LogP) is 2.16. The fraction of sp³-hybridized carbons (Fsp3) is 0.583. The van der Waals surface area contributed by atoms with Gasteiger partial charge in [-0.15, -0.1) is 0 Å². The second-order valence-electron chi connectivity index (χ2n) is 3.61.